The summed E-state index contributed by atoms with van der Waals surface area (Å²) < 4.78 is 34.4. The van der Waals surface area contributed by atoms with Gasteiger partial charge in [-0.05, 0) is 0 Å². The van der Waals surface area contributed by atoms with E-state index in [9.17, 15) is 8.42 Å². The second-order valence-corrected chi connectivity index (χ2v) is 5.19. The van der Waals surface area contributed by atoms with E-state index in [4.69, 9.17) is 20.9 Å². The number of thiophene rings is 1. The molecule has 0 fully saturated rings. The number of halogens is 1. The largest absolute Gasteiger partial charge is 0.494 e. The maximum atomic E-state index is 10.6. The van der Waals surface area contributed by atoms with Gasteiger partial charge in [-0.3, -0.25) is 4.55 Å². The number of rotatable bonds is 2. The number of methoxy groups -OCH3 is 1. The van der Waals surface area contributed by atoms with Gasteiger partial charge in [-0.25, -0.2) is 0 Å². The maximum Gasteiger partial charge on any atom is 0.304 e. The van der Waals surface area contributed by atoms with Crippen molar-refractivity contribution in [2.24, 2.45) is 0 Å². The molecule has 7 heteroatoms. The molecular formula is C5H5ClO4S2. The molecule has 0 saturated carbocycles. The molecule has 0 aliphatic carbocycles. The molecular weight excluding hydrogens is 224 g/mol. The van der Waals surface area contributed by atoms with Gasteiger partial charge in [0.2, 0.25) is 0 Å². The minimum atomic E-state index is -4.16. The topological polar surface area (TPSA) is 63.6 Å². The molecule has 0 spiro atoms. The van der Waals surface area contributed by atoms with Crippen LogP contribution in [-0.4, -0.2) is 20.1 Å². The maximum absolute atomic E-state index is 10.6. The van der Waals surface area contributed by atoms with Gasteiger partial charge in [0.25, 0.3) is 0 Å². The summed E-state index contributed by atoms with van der Waals surface area (Å²) in [4.78, 5) is 0. The summed E-state index contributed by atoms with van der Waals surface area (Å²) in [6.07, 6.45) is 0. The van der Waals surface area contributed by atoms with Gasteiger partial charge in [0.05, 0.1) is 7.11 Å². The molecule has 1 heterocycles. The standard InChI is InChI=1S/C5H5ClO4S2/c1-10-3-2-4(11-5(3)6)12(7,8)9/h2H,1H3,(H,7,8,9). The SMILES string of the molecule is COc1cc(S(=O)(=O)O)sc1Cl. The molecule has 68 valence electrons. The summed E-state index contributed by atoms with van der Waals surface area (Å²) in [5.41, 5.74) is 0. The van der Waals surface area contributed by atoms with Crippen LogP contribution in [0.4, 0.5) is 0 Å². The van der Waals surface area contributed by atoms with Gasteiger partial charge in [-0.15, -0.1) is 11.3 Å². The van der Waals surface area contributed by atoms with Gasteiger partial charge in [0, 0.05) is 6.07 Å². The Morgan fingerprint density at radius 3 is 2.50 bits per heavy atom. The van der Waals surface area contributed by atoms with Crippen LogP contribution in [-0.2, 0) is 10.1 Å². The van der Waals surface area contributed by atoms with E-state index in [1.807, 2.05) is 0 Å². The predicted molar refractivity (Wildman–Crippen MR) is 45.7 cm³/mol. The quantitative estimate of drug-likeness (QED) is 0.782. The van der Waals surface area contributed by atoms with Crippen LogP contribution in [0.15, 0.2) is 10.3 Å². The molecule has 0 bridgehead atoms. The van der Waals surface area contributed by atoms with Crippen LogP contribution in [0, 0.1) is 0 Å². The minimum Gasteiger partial charge on any atom is -0.494 e. The monoisotopic (exact) mass is 228 g/mol. The molecule has 0 aromatic carbocycles. The predicted octanol–water partition coefficient (Wildman–Crippen LogP) is 1.66. The highest BCUT2D eigenvalue weighted by Gasteiger charge is 2.16. The third-order valence-electron chi connectivity index (χ3n) is 1.11. The molecule has 0 saturated heterocycles. The van der Waals surface area contributed by atoms with E-state index in [2.05, 4.69) is 0 Å². The summed E-state index contributed by atoms with van der Waals surface area (Å²) in [7, 11) is -2.80. The molecule has 0 amide bonds. The fraction of sp³-hybridized carbons (Fsp3) is 0.200. The second kappa shape index (κ2) is 3.21. The Labute approximate surface area is 78.5 Å². The van der Waals surface area contributed by atoms with E-state index in [0.29, 0.717) is 0 Å². The Kier molecular flexibility index (Phi) is 2.62. The fourth-order valence-corrected chi connectivity index (χ4v) is 2.63. The summed E-state index contributed by atoms with van der Waals surface area (Å²) in [6, 6.07) is 1.17. The lowest BCUT2D eigenvalue weighted by Crippen LogP contribution is -1.93. The van der Waals surface area contributed by atoms with Crippen LogP contribution in [0.5, 0.6) is 5.75 Å². The van der Waals surface area contributed by atoms with Crippen molar-refractivity contribution in [2.45, 2.75) is 4.21 Å². The summed E-state index contributed by atoms with van der Waals surface area (Å²) >= 11 is 6.32. The summed E-state index contributed by atoms with van der Waals surface area (Å²) in [5.74, 6) is 0.245. The zero-order valence-electron chi connectivity index (χ0n) is 5.94. The molecule has 0 aliphatic rings. The zero-order valence-corrected chi connectivity index (χ0v) is 8.33. The van der Waals surface area contributed by atoms with E-state index >= 15 is 0 Å². The van der Waals surface area contributed by atoms with Crippen LogP contribution < -0.4 is 4.74 Å². The highest BCUT2D eigenvalue weighted by atomic mass is 35.5. The van der Waals surface area contributed by atoms with Crippen LogP contribution >= 0.6 is 22.9 Å². The highest BCUT2D eigenvalue weighted by molar-refractivity contribution is 7.88. The number of hydrogen-bond donors (Lipinski definition) is 1. The zero-order chi connectivity index (χ0) is 9.35. The lowest BCUT2D eigenvalue weighted by molar-refractivity contribution is 0.415. The average Bonchev–Trinajstić information content (AvgIpc) is 2.29. The first-order valence-corrected chi connectivity index (χ1v) is 5.39. The molecule has 0 unspecified atom stereocenters. The second-order valence-electron chi connectivity index (χ2n) is 1.88. The van der Waals surface area contributed by atoms with E-state index < -0.39 is 10.1 Å². The molecule has 1 rings (SSSR count). The lowest BCUT2D eigenvalue weighted by Gasteiger charge is -1.91. The first kappa shape index (κ1) is 9.79. The van der Waals surface area contributed by atoms with Crippen LogP contribution in [0.3, 0.4) is 0 Å². The van der Waals surface area contributed by atoms with E-state index in [1.54, 1.807) is 0 Å². The van der Waals surface area contributed by atoms with Crippen molar-refractivity contribution >= 4 is 33.1 Å². The van der Waals surface area contributed by atoms with Crippen molar-refractivity contribution in [3.8, 4) is 5.75 Å². The van der Waals surface area contributed by atoms with E-state index in [0.717, 1.165) is 11.3 Å². The Hall–Kier alpha value is -0.300. The number of ether oxygens (including phenoxy) is 1. The smallest absolute Gasteiger partial charge is 0.304 e. The normalized spacial score (nSPS) is 11.6. The van der Waals surface area contributed by atoms with E-state index in [1.165, 1.54) is 13.2 Å². The Morgan fingerprint density at radius 1 is 1.67 bits per heavy atom. The molecule has 0 radical (unpaired) electrons. The van der Waals surface area contributed by atoms with Crippen molar-refractivity contribution in [3.63, 3.8) is 0 Å². The summed E-state index contributed by atoms with van der Waals surface area (Å²) in [6.45, 7) is 0. The van der Waals surface area contributed by atoms with Gasteiger partial charge in [0.1, 0.15) is 10.1 Å². The van der Waals surface area contributed by atoms with Crippen LogP contribution in [0.2, 0.25) is 4.34 Å². The van der Waals surface area contributed by atoms with Crippen molar-refractivity contribution in [1.29, 1.82) is 0 Å². The van der Waals surface area contributed by atoms with Gasteiger partial charge in [-0.1, -0.05) is 11.6 Å². The van der Waals surface area contributed by atoms with Crippen molar-refractivity contribution in [2.75, 3.05) is 7.11 Å². The Morgan fingerprint density at radius 2 is 2.25 bits per heavy atom. The van der Waals surface area contributed by atoms with Crippen molar-refractivity contribution < 1.29 is 17.7 Å². The fourth-order valence-electron chi connectivity index (χ4n) is 0.598. The van der Waals surface area contributed by atoms with Gasteiger partial charge in [0.15, 0.2) is 4.21 Å². The number of hydrogen-bond acceptors (Lipinski definition) is 4. The van der Waals surface area contributed by atoms with Crippen LogP contribution in [0.1, 0.15) is 0 Å². The Balaban J connectivity index is 3.23. The van der Waals surface area contributed by atoms with Gasteiger partial charge in [-0.2, -0.15) is 8.42 Å². The van der Waals surface area contributed by atoms with Gasteiger partial charge < -0.3 is 4.74 Å². The highest BCUT2D eigenvalue weighted by Crippen LogP contribution is 2.36. The lowest BCUT2D eigenvalue weighted by atomic mass is 10.6. The Bertz CT molecular complexity index is 380. The molecule has 1 aromatic rings. The molecule has 1 N–H and O–H groups in total. The first-order chi connectivity index (χ1) is 5.45. The van der Waals surface area contributed by atoms with Crippen molar-refractivity contribution in [3.05, 3.63) is 10.4 Å². The molecule has 1 aromatic heterocycles. The van der Waals surface area contributed by atoms with Crippen LogP contribution in [0.25, 0.3) is 0 Å². The van der Waals surface area contributed by atoms with E-state index in [-0.39, 0.29) is 14.3 Å². The molecule has 0 atom stereocenters. The minimum absolute atomic E-state index is 0.199. The third kappa shape index (κ3) is 1.89. The average molecular weight is 229 g/mol. The summed E-state index contributed by atoms with van der Waals surface area (Å²) in [5, 5.41) is 0. The third-order valence-corrected chi connectivity index (χ3v) is 3.73. The first-order valence-electron chi connectivity index (χ1n) is 2.76. The molecule has 12 heavy (non-hydrogen) atoms. The molecule has 4 nitrogen and oxygen atoms in total. The van der Waals surface area contributed by atoms with Crippen molar-refractivity contribution in [1.82, 2.24) is 0 Å². The molecule has 0 aliphatic heterocycles. The van der Waals surface area contributed by atoms with Gasteiger partial charge >= 0.3 is 10.1 Å².